The van der Waals surface area contributed by atoms with Gasteiger partial charge in [-0.2, -0.15) is 9.61 Å². The molecule has 0 spiro atoms. The van der Waals surface area contributed by atoms with Crippen LogP contribution in [-0.4, -0.2) is 45.1 Å². The van der Waals surface area contributed by atoms with Crippen LogP contribution in [0.4, 0.5) is 16.0 Å². The zero-order valence-corrected chi connectivity index (χ0v) is 15.9. The van der Waals surface area contributed by atoms with Gasteiger partial charge in [0.2, 0.25) is 0 Å². The van der Waals surface area contributed by atoms with E-state index in [1.165, 1.54) is 12.4 Å². The van der Waals surface area contributed by atoms with Gasteiger partial charge >= 0.3 is 5.97 Å². The van der Waals surface area contributed by atoms with Gasteiger partial charge in [-0.05, 0) is 43.0 Å². The molecule has 2 aromatic heterocycles. The Hall–Kier alpha value is -3.49. The second-order valence-corrected chi connectivity index (χ2v) is 7.16. The third-order valence-electron chi connectivity index (χ3n) is 4.84. The molecule has 4 rings (SSSR count). The molecule has 3 aromatic rings. The van der Waals surface area contributed by atoms with Crippen LogP contribution in [-0.2, 0) is 11.2 Å². The molecule has 0 amide bonds. The first-order valence-corrected chi connectivity index (χ1v) is 9.36. The van der Waals surface area contributed by atoms with Crippen LogP contribution in [0.5, 0.6) is 0 Å². The van der Waals surface area contributed by atoms with Crippen molar-refractivity contribution >= 4 is 29.6 Å². The van der Waals surface area contributed by atoms with Crippen molar-refractivity contribution in [3.63, 3.8) is 0 Å². The van der Waals surface area contributed by atoms with Crippen molar-refractivity contribution in [2.24, 2.45) is 0 Å². The highest BCUT2D eigenvalue weighted by Gasteiger charge is 2.22. The van der Waals surface area contributed by atoms with E-state index in [9.17, 15) is 9.18 Å². The van der Waals surface area contributed by atoms with Gasteiger partial charge in [0.15, 0.2) is 5.65 Å². The van der Waals surface area contributed by atoms with Crippen molar-refractivity contribution in [1.82, 2.24) is 14.6 Å². The molecular weight excluding hydrogens is 375 g/mol. The average molecular weight is 396 g/mol. The molecule has 1 fully saturated rings. The minimum absolute atomic E-state index is 0.109. The molecule has 1 aromatic carbocycles. The summed E-state index contributed by atoms with van der Waals surface area (Å²) >= 11 is 0. The second-order valence-electron chi connectivity index (χ2n) is 7.16. The van der Waals surface area contributed by atoms with Crippen LogP contribution in [0, 0.1) is 11.2 Å². The summed E-state index contributed by atoms with van der Waals surface area (Å²) in [4.78, 5) is 17.1. The number of fused-ring (bicyclic) bond motifs is 1. The predicted octanol–water partition coefficient (Wildman–Crippen LogP) is 3.17. The number of halogens is 1. The van der Waals surface area contributed by atoms with Gasteiger partial charge in [0, 0.05) is 37.2 Å². The molecule has 3 N–H and O–H groups in total. The third-order valence-corrected chi connectivity index (χ3v) is 4.84. The number of carboxylic acids is 1. The van der Waals surface area contributed by atoms with E-state index in [4.69, 9.17) is 10.5 Å². The Morgan fingerprint density at radius 3 is 2.90 bits per heavy atom. The van der Waals surface area contributed by atoms with Crippen molar-refractivity contribution in [3.8, 4) is 11.3 Å². The highest BCUT2D eigenvalue weighted by molar-refractivity contribution is 5.78. The van der Waals surface area contributed by atoms with Crippen LogP contribution < -0.4 is 10.2 Å². The molecule has 0 aliphatic heterocycles. The number of hydrogen-bond acceptors (Lipinski definition) is 5. The number of aliphatic carboxylic acids is 1. The molecule has 1 aliphatic carbocycles. The van der Waals surface area contributed by atoms with Gasteiger partial charge in [0.25, 0.3) is 0 Å². The van der Waals surface area contributed by atoms with Gasteiger partial charge in [0.1, 0.15) is 17.5 Å². The molecule has 1 saturated carbocycles. The Balaban J connectivity index is 1.75. The molecule has 1 aliphatic rings. The third kappa shape index (κ3) is 4.03. The van der Waals surface area contributed by atoms with Crippen molar-refractivity contribution < 1.29 is 14.3 Å². The van der Waals surface area contributed by atoms with E-state index in [-0.39, 0.29) is 12.8 Å². The van der Waals surface area contributed by atoms with Crippen molar-refractivity contribution in [2.45, 2.75) is 31.7 Å². The monoisotopic (exact) mass is 396 g/mol. The van der Waals surface area contributed by atoms with Crippen molar-refractivity contribution in [1.29, 1.82) is 5.41 Å². The molecule has 29 heavy (non-hydrogen) atoms. The van der Waals surface area contributed by atoms with Crippen LogP contribution >= 0.6 is 0 Å². The van der Waals surface area contributed by atoms with Crippen molar-refractivity contribution in [2.75, 3.05) is 17.3 Å². The van der Waals surface area contributed by atoms with Gasteiger partial charge in [0.05, 0.1) is 12.0 Å². The van der Waals surface area contributed by atoms with Gasteiger partial charge < -0.3 is 15.3 Å². The number of carboxylic acid groups (broad SMARTS) is 1. The summed E-state index contributed by atoms with van der Waals surface area (Å²) in [5.74, 6) is -0.0113. The van der Waals surface area contributed by atoms with Crippen molar-refractivity contribution in [3.05, 3.63) is 41.7 Å². The van der Waals surface area contributed by atoms with Crippen LogP contribution in [0.15, 0.2) is 30.3 Å². The highest BCUT2D eigenvalue weighted by atomic mass is 19.1. The first kappa shape index (κ1) is 18.9. The van der Waals surface area contributed by atoms with E-state index in [1.54, 1.807) is 34.7 Å². The van der Waals surface area contributed by atoms with Crippen LogP contribution in [0.2, 0.25) is 0 Å². The van der Waals surface area contributed by atoms with Gasteiger partial charge in [-0.3, -0.25) is 10.2 Å². The average Bonchev–Trinajstić information content (AvgIpc) is 3.41. The smallest absolute Gasteiger partial charge is 0.303 e. The summed E-state index contributed by atoms with van der Waals surface area (Å²) in [5.41, 5.74) is 2.21. The largest absolute Gasteiger partial charge is 0.481 e. The molecule has 0 atom stereocenters. The lowest BCUT2D eigenvalue weighted by Gasteiger charge is -2.15. The fraction of sp³-hybridized carbons (Fsp3) is 0.300. The number of nitrogens with zero attached hydrogens (tertiary/aromatic N) is 4. The molecule has 0 bridgehead atoms. The number of aromatic nitrogens is 3. The maximum Gasteiger partial charge on any atom is 0.303 e. The number of hydrogen-bond donors (Lipinski definition) is 3. The van der Waals surface area contributed by atoms with E-state index in [0.29, 0.717) is 34.3 Å². The molecule has 8 nitrogen and oxygen atoms in total. The zero-order chi connectivity index (χ0) is 20.5. The Bertz CT molecular complexity index is 1090. The van der Waals surface area contributed by atoms with Gasteiger partial charge in [-0.25, -0.2) is 9.37 Å². The quantitative estimate of drug-likeness (QED) is 0.399. The summed E-state index contributed by atoms with van der Waals surface area (Å²) < 4.78 is 15.7. The molecule has 2 heterocycles. The fourth-order valence-corrected chi connectivity index (χ4v) is 3.10. The number of aryl methyl sites for hydroxylation is 1. The molecule has 0 unspecified atom stereocenters. The van der Waals surface area contributed by atoms with E-state index < -0.39 is 11.8 Å². The summed E-state index contributed by atoms with van der Waals surface area (Å²) in [6.07, 6.45) is 3.39. The zero-order valence-electron chi connectivity index (χ0n) is 15.9. The Morgan fingerprint density at radius 2 is 2.21 bits per heavy atom. The van der Waals surface area contributed by atoms with Crippen LogP contribution in [0.25, 0.3) is 16.9 Å². The fourth-order valence-electron chi connectivity index (χ4n) is 3.10. The molecule has 0 saturated heterocycles. The standard InChI is InChI=1S/C20H21FN6O2/c1-26(11-22)19-10-17(23-14-4-5-14)24-18-9-16(25-27(18)19)13-2-6-15(21)12(8-13)3-7-20(28)29/h2,6,8-11,14,22H,3-5,7H2,1H3,(H,23,24)(H,28,29). The normalized spacial score (nSPS) is 13.4. The lowest BCUT2D eigenvalue weighted by molar-refractivity contribution is -0.136. The van der Waals surface area contributed by atoms with E-state index in [2.05, 4.69) is 15.4 Å². The highest BCUT2D eigenvalue weighted by Crippen LogP contribution is 2.29. The van der Waals surface area contributed by atoms with Crippen LogP contribution in [0.3, 0.4) is 0 Å². The molecule has 0 radical (unpaired) electrons. The van der Waals surface area contributed by atoms with E-state index in [1.807, 2.05) is 6.07 Å². The number of benzene rings is 1. The lowest BCUT2D eigenvalue weighted by Crippen LogP contribution is -2.18. The summed E-state index contributed by atoms with van der Waals surface area (Å²) in [5, 5.41) is 24.4. The van der Waals surface area contributed by atoms with E-state index in [0.717, 1.165) is 18.7 Å². The van der Waals surface area contributed by atoms with E-state index >= 15 is 0 Å². The van der Waals surface area contributed by atoms with Crippen LogP contribution in [0.1, 0.15) is 24.8 Å². The predicted molar refractivity (Wildman–Crippen MR) is 108 cm³/mol. The minimum atomic E-state index is -0.971. The maximum atomic E-state index is 14.1. The van der Waals surface area contributed by atoms with Gasteiger partial charge in [-0.1, -0.05) is 0 Å². The number of anilines is 2. The summed E-state index contributed by atoms with van der Waals surface area (Å²) in [7, 11) is 1.76. The summed E-state index contributed by atoms with van der Waals surface area (Å²) in [6.45, 7) is 0. The first-order chi connectivity index (χ1) is 13.9. The molecule has 9 heteroatoms. The second kappa shape index (κ2) is 7.50. The lowest BCUT2D eigenvalue weighted by atomic mass is 10.0. The molecular formula is C20H21FN6O2. The maximum absolute atomic E-state index is 14.1. The Labute approximate surface area is 166 Å². The SMILES string of the molecule is CN(C=N)c1cc(NC2CC2)nc2cc(-c3ccc(F)c(CCC(=O)O)c3)nn12. The topological polar surface area (TPSA) is 107 Å². The number of nitrogens with one attached hydrogen (secondary N) is 2. The number of carbonyl (C=O) groups is 1. The Kier molecular flexibility index (Phi) is 4.87. The molecule has 150 valence electrons. The Morgan fingerprint density at radius 1 is 1.41 bits per heavy atom. The van der Waals surface area contributed by atoms with Gasteiger partial charge in [-0.15, -0.1) is 0 Å². The summed E-state index contributed by atoms with van der Waals surface area (Å²) in [6, 6.07) is 8.64. The first-order valence-electron chi connectivity index (χ1n) is 9.36. The minimum Gasteiger partial charge on any atom is -0.481 e. The number of rotatable bonds is 8.